The van der Waals surface area contributed by atoms with Gasteiger partial charge >= 0.3 is 5.97 Å². The van der Waals surface area contributed by atoms with Crippen LogP contribution in [0, 0.1) is 0 Å². The molecule has 0 unspecified atom stereocenters. The first-order valence-electron chi connectivity index (χ1n) is 9.59. The average Bonchev–Trinajstić information content (AvgIpc) is 2.70. The van der Waals surface area contributed by atoms with E-state index in [4.69, 9.17) is 4.74 Å². The molecule has 29 heavy (non-hydrogen) atoms. The summed E-state index contributed by atoms with van der Waals surface area (Å²) < 4.78 is 5.23. The van der Waals surface area contributed by atoms with Gasteiger partial charge in [-0.3, -0.25) is 9.59 Å². The summed E-state index contributed by atoms with van der Waals surface area (Å²) >= 11 is 1.26. The molecule has 0 bridgehead atoms. The van der Waals surface area contributed by atoms with E-state index < -0.39 is 5.97 Å². The van der Waals surface area contributed by atoms with Crippen LogP contribution >= 0.6 is 11.8 Å². The lowest BCUT2D eigenvalue weighted by Crippen LogP contribution is -2.31. The van der Waals surface area contributed by atoms with Crippen molar-refractivity contribution in [1.29, 1.82) is 0 Å². The topological polar surface area (TPSA) is 72.5 Å². The van der Waals surface area contributed by atoms with Crippen molar-refractivity contribution < 1.29 is 19.1 Å². The van der Waals surface area contributed by atoms with E-state index in [-0.39, 0.29) is 30.1 Å². The number of carbonyl (C=O) groups is 3. The van der Waals surface area contributed by atoms with Crippen LogP contribution in [0.4, 0.5) is 0 Å². The number of thioether (sulfide) groups is 1. The summed E-state index contributed by atoms with van der Waals surface area (Å²) in [5.41, 5.74) is 2.00. The summed E-state index contributed by atoms with van der Waals surface area (Å²) in [6, 6.07) is 14.3. The molecule has 0 aliphatic rings. The van der Waals surface area contributed by atoms with Gasteiger partial charge in [-0.25, -0.2) is 4.79 Å². The molecule has 0 spiro atoms. The van der Waals surface area contributed by atoms with Crippen molar-refractivity contribution in [2.75, 3.05) is 12.4 Å². The van der Waals surface area contributed by atoms with Crippen molar-refractivity contribution in [3.63, 3.8) is 0 Å². The molecule has 0 saturated carbocycles. The maximum absolute atomic E-state index is 12.5. The second kappa shape index (κ2) is 10.8. The number of ketones is 1. The monoisotopic (exact) mass is 413 g/mol. The Bertz CT molecular complexity index is 859. The van der Waals surface area contributed by atoms with Gasteiger partial charge in [0.15, 0.2) is 12.4 Å². The summed E-state index contributed by atoms with van der Waals surface area (Å²) in [5.74, 6) is -0.356. The van der Waals surface area contributed by atoms with Crippen LogP contribution in [-0.2, 0) is 9.53 Å². The highest BCUT2D eigenvalue weighted by molar-refractivity contribution is 8.00. The molecule has 154 valence electrons. The van der Waals surface area contributed by atoms with Crippen LogP contribution in [0.3, 0.4) is 0 Å². The third-order valence-electron chi connectivity index (χ3n) is 4.15. The van der Waals surface area contributed by atoms with Gasteiger partial charge in [-0.05, 0) is 37.5 Å². The fourth-order valence-corrected chi connectivity index (χ4v) is 3.47. The largest absolute Gasteiger partial charge is 0.454 e. The lowest BCUT2D eigenvalue weighted by atomic mass is 10.0. The van der Waals surface area contributed by atoms with Crippen LogP contribution in [-0.4, -0.2) is 36.1 Å². The molecule has 0 fully saturated rings. The van der Waals surface area contributed by atoms with Gasteiger partial charge in [-0.15, -0.1) is 11.8 Å². The Morgan fingerprint density at radius 1 is 0.966 bits per heavy atom. The first-order chi connectivity index (χ1) is 13.8. The molecular formula is C23H27NO4S. The standard InChI is InChI=1S/C23H27NO4S/c1-15(2)17-9-11-18(12-10-17)20(25)13-28-23(27)19-7-5-6-8-21(19)29-14-22(26)24-16(3)4/h5-12,15-16H,13-14H2,1-4H3,(H,24,26). The Kier molecular flexibility index (Phi) is 8.46. The summed E-state index contributed by atoms with van der Waals surface area (Å²) in [6.45, 7) is 7.62. The fraction of sp³-hybridized carbons (Fsp3) is 0.348. The molecular weight excluding hydrogens is 386 g/mol. The Morgan fingerprint density at radius 3 is 2.24 bits per heavy atom. The third-order valence-corrected chi connectivity index (χ3v) is 5.22. The van der Waals surface area contributed by atoms with E-state index in [2.05, 4.69) is 19.2 Å². The molecule has 2 rings (SSSR count). The van der Waals surface area contributed by atoms with Gasteiger partial charge < -0.3 is 10.1 Å². The number of ether oxygens (including phenoxy) is 1. The number of amides is 1. The number of hydrogen-bond donors (Lipinski definition) is 1. The Balaban J connectivity index is 1.96. The number of carbonyl (C=O) groups excluding carboxylic acids is 3. The van der Waals surface area contributed by atoms with Gasteiger partial charge in [0.2, 0.25) is 5.91 Å². The minimum atomic E-state index is -0.579. The SMILES string of the molecule is CC(C)NC(=O)CSc1ccccc1C(=O)OCC(=O)c1ccc(C(C)C)cc1. The number of Topliss-reactive ketones (excluding diaryl/α,β-unsaturated/α-hetero) is 1. The van der Waals surface area contributed by atoms with Crippen LogP contribution in [0.15, 0.2) is 53.4 Å². The molecule has 2 aromatic rings. The molecule has 1 amide bonds. The minimum Gasteiger partial charge on any atom is -0.454 e. The molecule has 0 aliphatic carbocycles. The second-order valence-electron chi connectivity index (χ2n) is 7.28. The third kappa shape index (κ3) is 7.06. The van der Waals surface area contributed by atoms with Crippen LogP contribution in [0.1, 0.15) is 59.9 Å². The van der Waals surface area contributed by atoms with E-state index in [0.717, 1.165) is 5.56 Å². The van der Waals surface area contributed by atoms with Crippen molar-refractivity contribution in [3.05, 3.63) is 65.2 Å². The molecule has 0 saturated heterocycles. The van der Waals surface area contributed by atoms with Crippen LogP contribution in [0.5, 0.6) is 0 Å². The van der Waals surface area contributed by atoms with Crippen molar-refractivity contribution >= 4 is 29.4 Å². The maximum atomic E-state index is 12.5. The number of esters is 1. The van der Waals surface area contributed by atoms with E-state index in [1.54, 1.807) is 36.4 Å². The van der Waals surface area contributed by atoms with E-state index in [0.29, 0.717) is 21.9 Å². The van der Waals surface area contributed by atoms with Gasteiger partial charge in [0.1, 0.15) is 0 Å². The predicted octanol–water partition coefficient (Wildman–Crippen LogP) is 4.47. The molecule has 1 N–H and O–H groups in total. The van der Waals surface area contributed by atoms with Gasteiger partial charge in [-0.1, -0.05) is 50.2 Å². The van der Waals surface area contributed by atoms with E-state index in [1.165, 1.54) is 11.8 Å². The Labute approximate surface area is 176 Å². The summed E-state index contributed by atoms with van der Waals surface area (Å²) in [7, 11) is 0. The van der Waals surface area contributed by atoms with E-state index in [1.807, 2.05) is 26.0 Å². The van der Waals surface area contributed by atoms with Crippen LogP contribution in [0.25, 0.3) is 0 Å². The smallest absolute Gasteiger partial charge is 0.339 e. The van der Waals surface area contributed by atoms with E-state index in [9.17, 15) is 14.4 Å². The highest BCUT2D eigenvalue weighted by Crippen LogP contribution is 2.23. The minimum absolute atomic E-state index is 0.0592. The average molecular weight is 414 g/mol. The van der Waals surface area contributed by atoms with Gasteiger partial charge in [0.05, 0.1) is 11.3 Å². The van der Waals surface area contributed by atoms with Crippen LogP contribution < -0.4 is 5.32 Å². The first-order valence-corrected chi connectivity index (χ1v) is 10.6. The van der Waals surface area contributed by atoms with Crippen molar-refractivity contribution in [3.8, 4) is 0 Å². The van der Waals surface area contributed by atoms with Crippen molar-refractivity contribution in [2.24, 2.45) is 0 Å². The quantitative estimate of drug-likeness (QED) is 0.373. The molecule has 2 aromatic carbocycles. The lowest BCUT2D eigenvalue weighted by Gasteiger charge is -2.11. The van der Waals surface area contributed by atoms with Gasteiger partial charge in [0.25, 0.3) is 0 Å². The second-order valence-corrected chi connectivity index (χ2v) is 8.30. The maximum Gasteiger partial charge on any atom is 0.339 e. The molecule has 0 aromatic heterocycles. The molecule has 0 aliphatic heterocycles. The zero-order valence-corrected chi connectivity index (χ0v) is 18.0. The predicted molar refractivity (Wildman–Crippen MR) is 116 cm³/mol. The fourth-order valence-electron chi connectivity index (χ4n) is 2.61. The number of rotatable bonds is 9. The summed E-state index contributed by atoms with van der Waals surface area (Å²) in [4.78, 5) is 37.3. The summed E-state index contributed by atoms with van der Waals surface area (Å²) in [6.07, 6.45) is 0. The molecule has 0 heterocycles. The summed E-state index contributed by atoms with van der Waals surface area (Å²) in [5, 5.41) is 2.81. The van der Waals surface area contributed by atoms with Crippen LogP contribution in [0.2, 0.25) is 0 Å². The normalized spacial score (nSPS) is 10.8. The highest BCUT2D eigenvalue weighted by Gasteiger charge is 2.16. The zero-order valence-electron chi connectivity index (χ0n) is 17.2. The molecule has 6 heteroatoms. The Morgan fingerprint density at radius 2 is 1.62 bits per heavy atom. The Hall–Kier alpha value is -2.60. The van der Waals surface area contributed by atoms with Crippen molar-refractivity contribution in [2.45, 2.75) is 44.6 Å². The lowest BCUT2D eigenvalue weighted by molar-refractivity contribution is -0.119. The van der Waals surface area contributed by atoms with E-state index >= 15 is 0 Å². The highest BCUT2D eigenvalue weighted by atomic mass is 32.2. The molecule has 5 nitrogen and oxygen atoms in total. The molecule has 0 atom stereocenters. The number of hydrogen-bond acceptors (Lipinski definition) is 5. The zero-order chi connectivity index (χ0) is 21.4. The number of benzene rings is 2. The number of nitrogens with one attached hydrogen (secondary N) is 1. The van der Waals surface area contributed by atoms with Gasteiger partial charge in [-0.2, -0.15) is 0 Å². The van der Waals surface area contributed by atoms with Crippen molar-refractivity contribution in [1.82, 2.24) is 5.32 Å². The first kappa shape index (κ1) is 22.7. The van der Waals surface area contributed by atoms with Gasteiger partial charge in [0, 0.05) is 16.5 Å². The molecule has 0 radical (unpaired) electrons.